The minimum Gasteiger partial charge on any atom is -0.469 e. The maximum Gasteiger partial charge on any atom is 0.500 e. The lowest BCUT2D eigenvalue weighted by Gasteiger charge is -2.34. The van der Waals surface area contributed by atoms with E-state index >= 15 is 0 Å². The highest BCUT2D eigenvalue weighted by Gasteiger charge is 2.39. The third-order valence-electron chi connectivity index (χ3n) is 4.24. The van der Waals surface area contributed by atoms with E-state index in [1.54, 1.807) is 0 Å². The first-order valence-corrected chi connectivity index (χ1v) is 15.4. The van der Waals surface area contributed by atoms with Crippen LogP contribution < -0.4 is 0 Å². The Morgan fingerprint density at radius 1 is 0.846 bits per heavy atom. The molecule has 0 rings (SSSR count). The summed E-state index contributed by atoms with van der Waals surface area (Å²) in [5.74, 6) is -0.124. The summed E-state index contributed by atoms with van der Waals surface area (Å²) >= 11 is 0. The molecule has 0 aromatic heterocycles. The highest BCUT2D eigenvalue weighted by Crippen LogP contribution is 2.20. The number of methoxy groups -OCH3 is 1. The van der Waals surface area contributed by atoms with E-state index in [-0.39, 0.29) is 5.97 Å². The molecular formula is C18H41NO5Si2. The maximum absolute atomic E-state index is 11.3. The van der Waals surface area contributed by atoms with Gasteiger partial charge in [-0.05, 0) is 53.1 Å². The monoisotopic (exact) mass is 407 g/mol. The van der Waals surface area contributed by atoms with Crippen LogP contribution in [0.25, 0.3) is 0 Å². The molecule has 0 amide bonds. The second-order valence-electron chi connectivity index (χ2n) is 7.28. The van der Waals surface area contributed by atoms with Crippen molar-refractivity contribution in [2.45, 2.75) is 72.1 Å². The molecule has 0 saturated carbocycles. The summed E-state index contributed by atoms with van der Waals surface area (Å²) in [5.41, 5.74) is 0. The van der Waals surface area contributed by atoms with Crippen molar-refractivity contribution in [2.24, 2.45) is 0 Å². The van der Waals surface area contributed by atoms with Crippen LogP contribution >= 0.6 is 0 Å². The molecule has 0 radical (unpaired) electrons. The van der Waals surface area contributed by atoms with Crippen molar-refractivity contribution in [1.82, 2.24) is 4.57 Å². The van der Waals surface area contributed by atoms with E-state index in [0.29, 0.717) is 26.2 Å². The van der Waals surface area contributed by atoms with Gasteiger partial charge in [-0.2, -0.15) is 0 Å². The first-order valence-electron chi connectivity index (χ1n) is 9.98. The molecule has 0 heterocycles. The summed E-state index contributed by atoms with van der Waals surface area (Å²) in [6.45, 7) is 16.9. The fraction of sp³-hybridized carbons (Fsp3) is 0.944. The minimum atomic E-state index is -2.53. The molecule has 8 heteroatoms. The highest BCUT2D eigenvalue weighted by atomic mass is 28.4. The molecule has 0 unspecified atom stereocenters. The number of rotatable bonds is 16. The van der Waals surface area contributed by atoms with E-state index in [4.69, 9.17) is 18.0 Å². The quantitative estimate of drug-likeness (QED) is 0.220. The van der Waals surface area contributed by atoms with E-state index < -0.39 is 17.0 Å². The number of nitrogens with zero attached hydrogens (tertiary/aromatic N) is 1. The van der Waals surface area contributed by atoms with E-state index in [1.165, 1.54) is 7.11 Å². The predicted octanol–water partition coefficient (Wildman–Crippen LogP) is 3.91. The lowest BCUT2D eigenvalue weighted by Crippen LogP contribution is -2.48. The van der Waals surface area contributed by atoms with E-state index in [1.807, 2.05) is 20.8 Å². The summed E-state index contributed by atoms with van der Waals surface area (Å²) < 4.78 is 25.1. The first-order chi connectivity index (χ1) is 12.2. The number of ether oxygens (including phenoxy) is 1. The standard InChI is InChI=1S/C18H41NO5Si2/c1-8-22-26(23-9-2,24-10-3)17-12-11-15-19(25(5,6)7)16-13-14-18(20)21-4/h8-17H2,1-7H3. The predicted molar refractivity (Wildman–Crippen MR) is 111 cm³/mol. The molecule has 0 fully saturated rings. The maximum atomic E-state index is 11.3. The van der Waals surface area contributed by atoms with Gasteiger partial charge in [0.2, 0.25) is 0 Å². The van der Waals surface area contributed by atoms with Crippen LogP contribution in [0.5, 0.6) is 0 Å². The normalized spacial score (nSPS) is 12.6. The molecule has 0 N–H and O–H groups in total. The molecule has 0 spiro atoms. The summed E-state index contributed by atoms with van der Waals surface area (Å²) in [4.78, 5) is 11.3. The summed E-state index contributed by atoms with van der Waals surface area (Å²) in [6, 6.07) is 0.865. The molecule has 156 valence electrons. The lowest BCUT2D eigenvalue weighted by atomic mass is 10.3. The first kappa shape index (κ1) is 25.7. The third kappa shape index (κ3) is 10.8. The molecule has 0 bridgehead atoms. The van der Waals surface area contributed by atoms with Crippen LogP contribution in [-0.4, -0.2) is 67.6 Å². The van der Waals surface area contributed by atoms with Crippen LogP contribution in [0, 0.1) is 0 Å². The number of hydrogen-bond acceptors (Lipinski definition) is 6. The van der Waals surface area contributed by atoms with Crippen molar-refractivity contribution >= 4 is 23.0 Å². The molecule has 0 aliphatic rings. The third-order valence-corrected chi connectivity index (χ3v) is 9.74. The molecule has 0 aliphatic heterocycles. The Morgan fingerprint density at radius 2 is 1.35 bits per heavy atom. The van der Waals surface area contributed by atoms with Gasteiger partial charge < -0.3 is 22.6 Å². The molecule has 0 aromatic carbocycles. The van der Waals surface area contributed by atoms with Gasteiger partial charge in [-0.1, -0.05) is 19.6 Å². The van der Waals surface area contributed by atoms with Crippen LogP contribution in [0.2, 0.25) is 25.7 Å². The highest BCUT2D eigenvalue weighted by molar-refractivity contribution is 6.73. The fourth-order valence-electron chi connectivity index (χ4n) is 2.94. The van der Waals surface area contributed by atoms with Gasteiger partial charge in [0.05, 0.1) is 7.11 Å². The Balaban J connectivity index is 4.51. The summed E-state index contributed by atoms with van der Waals surface area (Å²) in [6.07, 6.45) is 3.47. The topological polar surface area (TPSA) is 57.2 Å². The zero-order chi connectivity index (χ0) is 20.1. The largest absolute Gasteiger partial charge is 0.500 e. The summed E-state index contributed by atoms with van der Waals surface area (Å²) in [7, 11) is -2.49. The number of esters is 1. The molecule has 0 saturated heterocycles. The Kier molecular flexibility index (Phi) is 13.7. The van der Waals surface area contributed by atoms with Crippen LogP contribution in [0.15, 0.2) is 0 Å². The van der Waals surface area contributed by atoms with Crippen LogP contribution in [0.1, 0.15) is 46.5 Å². The number of carbonyl (C=O) groups excluding carboxylic acids is 1. The van der Waals surface area contributed by atoms with E-state index in [9.17, 15) is 4.79 Å². The zero-order valence-electron chi connectivity index (χ0n) is 18.1. The van der Waals surface area contributed by atoms with Gasteiger partial charge in [0, 0.05) is 32.3 Å². The second-order valence-corrected chi connectivity index (χ2v) is 15.0. The van der Waals surface area contributed by atoms with Gasteiger partial charge in [-0.25, -0.2) is 0 Å². The molecule has 0 atom stereocenters. The van der Waals surface area contributed by atoms with Gasteiger partial charge in [0.25, 0.3) is 0 Å². The van der Waals surface area contributed by atoms with Crippen molar-refractivity contribution in [2.75, 3.05) is 40.0 Å². The van der Waals surface area contributed by atoms with Crippen LogP contribution in [-0.2, 0) is 22.8 Å². The molecule has 26 heavy (non-hydrogen) atoms. The Hall–Kier alpha value is -0.256. The van der Waals surface area contributed by atoms with E-state index in [0.717, 1.165) is 38.4 Å². The van der Waals surface area contributed by atoms with Crippen molar-refractivity contribution in [3.05, 3.63) is 0 Å². The molecule has 0 aromatic rings. The van der Waals surface area contributed by atoms with Crippen LogP contribution in [0.3, 0.4) is 0 Å². The average Bonchev–Trinajstić information content (AvgIpc) is 2.56. The van der Waals surface area contributed by atoms with E-state index in [2.05, 4.69) is 24.2 Å². The van der Waals surface area contributed by atoms with Crippen molar-refractivity contribution in [3.8, 4) is 0 Å². The van der Waals surface area contributed by atoms with Gasteiger partial charge in [-0.15, -0.1) is 0 Å². The Bertz CT molecular complexity index is 360. The lowest BCUT2D eigenvalue weighted by molar-refractivity contribution is -0.140. The fourth-order valence-corrected chi connectivity index (χ4v) is 7.29. The molecular weight excluding hydrogens is 366 g/mol. The van der Waals surface area contributed by atoms with Crippen LogP contribution in [0.4, 0.5) is 0 Å². The van der Waals surface area contributed by atoms with Crippen molar-refractivity contribution in [1.29, 1.82) is 0 Å². The van der Waals surface area contributed by atoms with Gasteiger partial charge in [0.1, 0.15) is 8.24 Å². The van der Waals surface area contributed by atoms with Gasteiger partial charge in [0.15, 0.2) is 0 Å². The smallest absolute Gasteiger partial charge is 0.469 e. The molecule has 0 aliphatic carbocycles. The minimum absolute atomic E-state index is 0.124. The molecule has 6 nitrogen and oxygen atoms in total. The SMILES string of the molecule is CCO[Si](CCCCN(CCCC(=O)OC)[Si](C)(C)C)(OCC)OCC. The number of hydrogen-bond donors (Lipinski definition) is 0. The Labute approximate surface area is 163 Å². The van der Waals surface area contributed by atoms with Crippen molar-refractivity contribution in [3.63, 3.8) is 0 Å². The Morgan fingerprint density at radius 3 is 1.77 bits per heavy atom. The summed E-state index contributed by atoms with van der Waals surface area (Å²) in [5, 5.41) is 0. The second kappa shape index (κ2) is 13.8. The van der Waals surface area contributed by atoms with Gasteiger partial charge >= 0.3 is 14.8 Å². The zero-order valence-corrected chi connectivity index (χ0v) is 20.1. The van der Waals surface area contributed by atoms with Gasteiger partial charge in [-0.3, -0.25) is 4.79 Å². The average molecular weight is 408 g/mol. The number of unbranched alkanes of at least 4 members (excludes halogenated alkanes) is 1. The van der Waals surface area contributed by atoms with Crippen molar-refractivity contribution < 1.29 is 22.8 Å². The number of carbonyl (C=O) groups is 1.